The molecule has 2 N–H and O–H groups in total. The van der Waals surface area contributed by atoms with Gasteiger partial charge in [0.25, 0.3) is 0 Å². The van der Waals surface area contributed by atoms with E-state index in [1.54, 1.807) is 11.3 Å². The van der Waals surface area contributed by atoms with Gasteiger partial charge in [0.1, 0.15) is 11.8 Å². The van der Waals surface area contributed by atoms with Crippen molar-refractivity contribution < 1.29 is 8.81 Å². The molecular weight excluding hydrogens is 369 g/mol. The van der Waals surface area contributed by atoms with Crippen LogP contribution in [0.25, 0.3) is 21.5 Å². The molecule has 27 heavy (non-hydrogen) atoms. The molecule has 0 atom stereocenters. The summed E-state index contributed by atoms with van der Waals surface area (Å²) >= 11 is 1.59. The van der Waals surface area contributed by atoms with Crippen LogP contribution in [0, 0.1) is 0 Å². The van der Waals surface area contributed by atoms with Crippen LogP contribution in [-0.2, 0) is 13.1 Å². The molecule has 0 saturated heterocycles. The van der Waals surface area contributed by atoms with E-state index in [1.807, 2.05) is 30.3 Å². The van der Waals surface area contributed by atoms with Crippen LogP contribution < -0.4 is 11.4 Å². The molecule has 3 aromatic heterocycles. The maximum Gasteiger partial charge on any atom is 0.346 e. The van der Waals surface area contributed by atoms with Gasteiger partial charge in [-0.15, -0.1) is 11.3 Å². The van der Waals surface area contributed by atoms with Gasteiger partial charge in [-0.3, -0.25) is 4.57 Å². The third-order valence-corrected chi connectivity index (χ3v) is 5.29. The van der Waals surface area contributed by atoms with Crippen LogP contribution in [0.2, 0.25) is 0 Å². The molecule has 0 amide bonds. The standard InChI is InChI=1S/C18H16FN5O2S/c19-6-12(7-20)8-24-18(25)23(10-22-24)9-14-2-4-17(27-14)13-1-3-16-15(5-13)21-11-26-16/h1-6,10-11H,7-9,20H2/b12-6+. The first-order chi connectivity index (χ1) is 13.2. The predicted molar refractivity (Wildman–Crippen MR) is 101 cm³/mol. The minimum Gasteiger partial charge on any atom is -0.443 e. The lowest BCUT2D eigenvalue weighted by Gasteiger charge is -2.01. The third-order valence-electron chi connectivity index (χ3n) is 4.17. The summed E-state index contributed by atoms with van der Waals surface area (Å²) in [5.74, 6) is 0. The van der Waals surface area contributed by atoms with Crippen molar-refractivity contribution in [2.75, 3.05) is 6.54 Å². The molecule has 4 aromatic rings. The zero-order valence-electron chi connectivity index (χ0n) is 14.2. The molecule has 9 heteroatoms. The number of nitrogens with two attached hydrogens (primary N) is 1. The van der Waals surface area contributed by atoms with E-state index >= 15 is 0 Å². The number of aromatic nitrogens is 4. The molecule has 0 aliphatic carbocycles. The maximum atomic E-state index is 12.7. The Morgan fingerprint density at radius 1 is 1.33 bits per heavy atom. The van der Waals surface area contributed by atoms with E-state index in [0.717, 1.165) is 26.4 Å². The quantitative estimate of drug-likeness (QED) is 0.551. The van der Waals surface area contributed by atoms with Gasteiger partial charge >= 0.3 is 5.69 Å². The highest BCUT2D eigenvalue weighted by molar-refractivity contribution is 7.15. The SMILES string of the molecule is NC/C(=C\F)Cn1ncn(Cc2ccc(-c3ccc4ocnc4c3)s2)c1=O. The Bertz CT molecular complexity index is 1170. The summed E-state index contributed by atoms with van der Waals surface area (Å²) in [4.78, 5) is 18.6. The fourth-order valence-corrected chi connectivity index (χ4v) is 3.72. The molecule has 138 valence electrons. The predicted octanol–water partition coefficient (Wildman–Crippen LogP) is 2.77. The zero-order valence-corrected chi connectivity index (χ0v) is 15.0. The number of hydrogen-bond donors (Lipinski definition) is 1. The van der Waals surface area contributed by atoms with Crippen molar-refractivity contribution >= 4 is 22.4 Å². The van der Waals surface area contributed by atoms with E-state index in [1.165, 1.54) is 22.0 Å². The van der Waals surface area contributed by atoms with E-state index in [0.29, 0.717) is 18.4 Å². The molecular formula is C18H16FN5O2S. The van der Waals surface area contributed by atoms with E-state index in [2.05, 4.69) is 10.1 Å². The highest BCUT2D eigenvalue weighted by Gasteiger charge is 2.10. The van der Waals surface area contributed by atoms with Crippen molar-refractivity contribution in [1.29, 1.82) is 0 Å². The van der Waals surface area contributed by atoms with Crippen LogP contribution >= 0.6 is 11.3 Å². The Balaban J connectivity index is 1.54. The van der Waals surface area contributed by atoms with Crippen molar-refractivity contribution in [2.24, 2.45) is 5.73 Å². The van der Waals surface area contributed by atoms with Crippen LogP contribution in [0.3, 0.4) is 0 Å². The number of benzene rings is 1. The molecule has 3 heterocycles. The number of fused-ring (bicyclic) bond motifs is 1. The van der Waals surface area contributed by atoms with Gasteiger partial charge in [0.2, 0.25) is 0 Å². The molecule has 0 aliphatic heterocycles. The zero-order chi connectivity index (χ0) is 18.8. The summed E-state index contributed by atoms with van der Waals surface area (Å²) in [6.07, 6.45) is 3.30. The van der Waals surface area contributed by atoms with Gasteiger partial charge in [0.05, 0.1) is 19.4 Å². The second-order valence-corrected chi connectivity index (χ2v) is 7.14. The lowest BCUT2D eigenvalue weighted by molar-refractivity contribution is 0.602. The summed E-state index contributed by atoms with van der Waals surface area (Å²) in [6, 6.07) is 9.82. The summed E-state index contributed by atoms with van der Waals surface area (Å²) in [6.45, 7) is 0.485. The van der Waals surface area contributed by atoms with E-state index < -0.39 is 0 Å². The largest absolute Gasteiger partial charge is 0.443 e. The Labute approximate surface area is 157 Å². The molecule has 0 bridgehead atoms. The fraction of sp³-hybridized carbons (Fsp3) is 0.167. The van der Waals surface area contributed by atoms with Gasteiger partial charge in [-0.05, 0) is 41.5 Å². The van der Waals surface area contributed by atoms with Crippen molar-refractivity contribution in [3.8, 4) is 10.4 Å². The van der Waals surface area contributed by atoms with Gasteiger partial charge in [0.15, 0.2) is 12.0 Å². The molecule has 4 rings (SSSR count). The maximum absolute atomic E-state index is 12.7. The van der Waals surface area contributed by atoms with Gasteiger partial charge in [-0.2, -0.15) is 5.10 Å². The monoisotopic (exact) mass is 385 g/mol. The summed E-state index contributed by atoms with van der Waals surface area (Å²) in [5, 5.41) is 4.03. The van der Waals surface area contributed by atoms with Crippen LogP contribution in [0.15, 0.2) is 64.2 Å². The smallest absolute Gasteiger partial charge is 0.346 e. The molecule has 0 fully saturated rings. The highest BCUT2D eigenvalue weighted by atomic mass is 32.1. The molecule has 1 aromatic carbocycles. The topological polar surface area (TPSA) is 91.9 Å². The van der Waals surface area contributed by atoms with Crippen molar-refractivity contribution in [2.45, 2.75) is 13.1 Å². The van der Waals surface area contributed by atoms with Crippen molar-refractivity contribution in [3.63, 3.8) is 0 Å². The Hall–Kier alpha value is -3.04. The average Bonchev–Trinajstić information content (AvgIpc) is 3.41. The fourth-order valence-electron chi connectivity index (χ4n) is 2.72. The Kier molecular flexibility index (Phi) is 4.69. The molecule has 0 radical (unpaired) electrons. The summed E-state index contributed by atoms with van der Waals surface area (Å²) in [7, 11) is 0. The molecule has 7 nitrogen and oxygen atoms in total. The summed E-state index contributed by atoms with van der Waals surface area (Å²) in [5.41, 5.74) is 8.02. The van der Waals surface area contributed by atoms with E-state index in [4.69, 9.17) is 10.2 Å². The Morgan fingerprint density at radius 3 is 3.04 bits per heavy atom. The number of oxazole rings is 1. The van der Waals surface area contributed by atoms with Crippen molar-refractivity contribution in [1.82, 2.24) is 19.3 Å². The first-order valence-electron chi connectivity index (χ1n) is 8.20. The number of thiophene rings is 1. The highest BCUT2D eigenvalue weighted by Crippen LogP contribution is 2.30. The van der Waals surface area contributed by atoms with Gasteiger partial charge in [-0.1, -0.05) is 0 Å². The number of rotatable bonds is 6. The number of hydrogen-bond acceptors (Lipinski definition) is 6. The molecule has 0 saturated carbocycles. The van der Waals surface area contributed by atoms with Gasteiger partial charge in [0, 0.05) is 16.3 Å². The van der Waals surface area contributed by atoms with Crippen LogP contribution in [0.5, 0.6) is 0 Å². The second kappa shape index (κ2) is 7.29. The third kappa shape index (κ3) is 3.46. The van der Waals surface area contributed by atoms with Crippen LogP contribution in [-0.4, -0.2) is 25.9 Å². The van der Waals surface area contributed by atoms with E-state index in [9.17, 15) is 9.18 Å². The number of nitrogens with zero attached hydrogens (tertiary/aromatic N) is 4. The Morgan fingerprint density at radius 2 is 2.22 bits per heavy atom. The lowest BCUT2D eigenvalue weighted by Crippen LogP contribution is -2.26. The molecule has 0 unspecified atom stereocenters. The minimum absolute atomic E-state index is 0.0416. The molecule has 0 aliphatic rings. The van der Waals surface area contributed by atoms with Crippen molar-refractivity contribution in [3.05, 3.63) is 70.3 Å². The lowest BCUT2D eigenvalue weighted by atomic mass is 10.2. The molecule has 0 spiro atoms. The average molecular weight is 385 g/mol. The van der Waals surface area contributed by atoms with Crippen LogP contribution in [0.4, 0.5) is 4.39 Å². The minimum atomic E-state index is -0.304. The summed E-state index contributed by atoms with van der Waals surface area (Å²) < 4.78 is 20.6. The second-order valence-electron chi connectivity index (χ2n) is 5.97. The number of halogens is 1. The van der Waals surface area contributed by atoms with Gasteiger partial charge in [-0.25, -0.2) is 18.9 Å². The first-order valence-corrected chi connectivity index (χ1v) is 9.02. The van der Waals surface area contributed by atoms with Crippen LogP contribution in [0.1, 0.15) is 4.88 Å². The first kappa shape index (κ1) is 17.4. The van der Waals surface area contributed by atoms with E-state index in [-0.39, 0.29) is 18.8 Å². The van der Waals surface area contributed by atoms with Gasteiger partial charge < -0.3 is 10.2 Å². The normalized spacial score (nSPS) is 12.1.